The number of fused-ring (bicyclic) bond motifs is 1. The van der Waals surface area contributed by atoms with Crippen LogP contribution >= 0.6 is 0 Å². The molecule has 1 heterocycles. The predicted octanol–water partition coefficient (Wildman–Crippen LogP) is 3.47. The number of nitrogens with zero attached hydrogens (tertiary/aromatic N) is 1. The molecule has 2 N–H and O–H groups in total. The van der Waals surface area contributed by atoms with E-state index >= 15 is 0 Å². The van der Waals surface area contributed by atoms with Crippen molar-refractivity contribution in [2.24, 2.45) is 5.92 Å². The molecule has 1 saturated carbocycles. The van der Waals surface area contributed by atoms with Crippen molar-refractivity contribution in [3.8, 4) is 0 Å². The first-order valence-corrected chi connectivity index (χ1v) is 12.5. The number of carbonyl (C=O) groups is 2. The van der Waals surface area contributed by atoms with Gasteiger partial charge in [-0.25, -0.2) is 8.42 Å². The average molecular weight is 442 g/mol. The molecule has 7 nitrogen and oxygen atoms in total. The van der Waals surface area contributed by atoms with Gasteiger partial charge in [0.15, 0.2) is 0 Å². The van der Waals surface area contributed by atoms with E-state index in [9.17, 15) is 18.0 Å². The molecule has 2 fully saturated rings. The van der Waals surface area contributed by atoms with Crippen LogP contribution in [0.3, 0.4) is 0 Å². The number of amides is 2. The zero-order valence-corrected chi connectivity index (χ0v) is 18.3. The first-order chi connectivity index (χ1) is 14.8. The van der Waals surface area contributed by atoms with Crippen molar-refractivity contribution in [2.45, 2.75) is 44.2 Å². The SMILES string of the molecule is CS(=O)(=O)Nc1ccc(NC(=O)C2CC3CCCCC3N2C(=O)c2ccccc2)cc1. The van der Waals surface area contributed by atoms with Crippen LogP contribution < -0.4 is 10.0 Å². The number of benzene rings is 2. The van der Waals surface area contributed by atoms with Gasteiger partial charge < -0.3 is 10.2 Å². The van der Waals surface area contributed by atoms with Crippen LogP contribution in [0.2, 0.25) is 0 Å². The average Bonchev–Trinajstić information content (AvgIpc) is 3.14. The van der Waals surface area contributed by atoms with Gasteiger partial charge in [-0.15, -0.1) is 0 Å². The zero-order chi connectivity index (χ0) is 22.0. The van der Waals surface area contributed by atoms with Crippen LogP contribution in [-0.2, 0) is 14.8 Å². The Balaban J connectivity index is 1.53. The lowest BCUT2D eigenvalue weighted by Gasteiger charge is -2.33. The van der Waals surface area contributed by atoms with Crippen LogP contribution in [-0.4, -0.2) is 43.5 Å². The highest BCUT2D eigenvalue weighted by molar-refractivity contribution is 7.92. The molecule has 3 atom stereocenters. The molecule has 3 unspecified atom stereocenters. The normalized spacial score (nSPS) is 23.1. The molecule has 31 heavy (non-hydrogen) atoms. The molecule has 8 heteroatoms. The maximum absolute atomic E-state index is 13.3. The van der Waals surface area contributed by atoms with Crippen LogP contribution in [0.5, 0.6) is 0 Å². The van der Waals surface area contributed by atoms with E-state index in [-0.39, 0.29) is 17.9 Å². The first-order valence-electron chi connectivity index (χ1n) is 10.6. The molecule has 2 amide bonds. The van der Waals surface area contributed by atoms with Crippen LogP contribution in [0.15, 0.2) is 54.6 Å². The first kappa shape index (κ1) is 21.4. The minimum atomic E-state index is -3.36. The molecule has 4 rings (SSSR count). The van der Waals surface area contributed by atoms with E-state index in [1.165, 1.54) is 0 Å². The van der Waals surface area contributed by atoms with E-state index in [1.54, 1.807) is 41.3 Å². The fraction of sp³-hybridized carbons (Fsp3) is 0.391. The zero-order valence-electron chi connectivity index (χ0n) is 17.5. The number of hydrogen-bond donors (Lipinski definition) is 2. The summed E-state index contributed by atoms with van der Waals surface area (Å²) >= 11 is 0. The van der Waals surface area contributed by atoms with E-state index in [1.807, 2.05) is 18.2 Å². The maximum atomic E-state index is 13.3. The Labute approximate surface area is 182 Å². The molecule has 1 saturated heterocycles. The minimum absolute atomic E-state index is 0.0946. The molecule has 1 aliphatic carbocycles. The van der Waals surface area contributed by atoms with Crippen LogP contribution in [0.1, 0.15) is 42.5 Å². The van der Waals surface area contributed by atoms with Gasteiger partial charge in [-0.05, 0) is 61.6 Å². The van der Waals surface area contributed by atoms with E-state index in [2.05, 4.69) is 10.0 Å². The Morgan fingerprint density at radius 2 is 1.58 bits per heavy atom. The Kier molecular flexibility index (Phi) is 6.00. The number of nitrogens with one attached hydrogen (secondary N) is 2. The topological polar surface area (TPSA) is 95.6 Å². The second kappa shape index (κ2) is 8.70. The largest absolute Gasteiger partial charge is 0.324 e. The second-order valence-corrected chi connectivity index (χ2v) is 10.1. The molecule has 2 aromatic rings. The summed E-state index contributed by atoms with van der Waals surface area (Å²) in [6.07, 6.45) is 5.93. The summed E-state index contributed by atoms with van der Waals surface area (Å²) in [6, 6.07) is 15.2. The minimum Gasteiger partial charge on any atom is -0.324 e. The van der Waals surface area contributed by atoms with Crippen molar-refractivity contribution < 1.29 is 18.0 Å². The smallest absolute Gasteiger partial charge is 0.254 e. The van der Waals surface area contributed by atoms with Crippen LogP contribution in [0, 0.1) is 5.92 Å². The summed E-state index contributed by atoms with van der Waals surface area (Å²) in [5.41, 5.74) is 1.59. The van der Waals surface area contributed by atoms with Gasteiger partial charge >= 0.3 is 0 Å². The highest BCUT2D eigenvalue weighted by Crippen LogP contribution is 2.40. The highest BCUT2D eigenvalue weighted by atomic mass is 32.2. The van der Waals surface area contributed by atoms with Crippen molar-refractivity contribution in [3.05, 3.63) is 60.2 Å². The molecular weight excluding hydrogens is 414 g/mol. The van der Waals surface area contributed by atoms with Gasteiger partial charge in [-0.3, -0.25) is 14.3 Å². The third kappa shape index (κ3) is 4.90. The summed E-state index contributed by atoms with van der Waals surface area (Å²) in [4.78, 5) is 28.3. The summed E-state index contributed by atoms with van der Waals surface area (Å²) in [5, 5.41) is 2.91. The Bertz CT molecular complexity index is 1050. The lowest BCUT2D eigenvalue weighted by molar-refractivity contribution is -0.120. The Hall–Kier alpha value is -2.87. The van der Waals surface area contributed by atoms with Crippen molar-refractivity contribution in [3.63, 3.8) is 0 Å². The second-order valence-electron chi connectivity index (χ2n) is 8.38. The fourth-order valence-electron chi connectivity index (χ4n) is 4.78. The molecule has 0 aromatic heterocycles. The number of rotatable bonds is 5. The van der Waals surface area contributed by atoms with E-state index < -0.39 is 16.1 Å². The summed E-state index contributed by atoms with van der Waals surface area (Å²) in [5.74, 6) is 0.0452. The summed E-state index contributed by atoms with van der Waals surface area (Å²) < 4.78 is 25.1. The van der Waals surface area contributed by atoms with Gasteiger partial charge in [0.2, 0.25) is 15.9 Å². The lowest BCUT2D eigenvalue weighted by atomic mass is 9.84. The van der Waals surface area contributed by atoms with Gasteiger partial charge in [-0.2, -0.15) is 0 Å². The van der Waals surface area contributed by atoms with Gasteiger partial charge in [0.25, 0.3) is 5.91 Å². The summed E-state index contributed by atoms with van der Waals surface area (Å²) in [7, 11) is -3.36. The van der Waals surface area contributed by atoms with Gasteiger partial charge in [0.05, 0.1) is 6.26 Å². The van der Waals surface area contributed by atoms with Crippen molar-refractivity contribution >= 4 is 33.2 Å². The molecule has 0 radical (unpaired) electrons. The van der Waals surface area contributed by atoms with E-state index in [0.717, 1.165) is 31.9 Å². The molecule has 2 aromatic carbocycles. The highest BCUT2D eigenvalue weighted by Gasteiger charge is 2.47. The summed E-state index contributed by atoms with van der Waals surface area (Å²) in [6.45, 7) is 0. The quantitative estimate of drug-likeness (QED) is 0.743. The van der Waals surface area contributed by atoms with Crippen LogP contribution in [0.25, 0.3) is 0 Å². The molecule has 1 aliphatic heterocycles. The maximum Gasteiger partial charge on any atom is 0.254 e. The number of anilines is 2. The van der Waals surface area contributed by atoms with E-state index in [0.29, 0.717) is 29.3 Å². The number of carbonyl (C=O) groups excluding carboxylic acids is 2. The van der Waals surface area contributed by atoms with Crippen molar-refractivity contribution in [2.75, 3.05) is 16.3 Å². The molecular formula is C23H27N3O4S. The van der Waals surface area contributed by atoms with Gasteiger partial charge in [0, 0.05) is 23.0 Å². The molecule has 0 spiro atoms. The lowest BCUT2D eigenvalue weighted by Crippen LogP contribution is -2.47. The van der Waals surface area contributed by atoms with E-state index in [4.69, 9.17) is 0 Å². The fourth-order valence-corrected chi connectivity index (χ4v) is 5.34. The number of sulfonamides is 1. The predicted molar refractivity (Wildman–Crippen MR) is 120 cm³/mol. The molecule has 164 valence electrons. The standard InChI is InChI=1S/C23H27N3O4S/c1-31(29,30)25-19-13-11-18(12-14-19)24-22(27)21-15-17-9-5-6-10-20(17)26(21)23(28)16-7-3-2-4-8-16/h2-4,7-8,11-14,17,20-21,25H,5-6,9-10,15H2,1H3,(H,24,27). The monoisotopic (exact) mass is 441 g/mol. The molecule has 0 bridgehead atoms. The third-order valence-electron chi connectivity index (χ3n) is 6.10. The number of hydrogen-bond acceptors (Lipinski definition) is 4. The molecule has 2 aliphatic rings. The van der Waals surface area contributed by atoms with Crippen molar-refractivity contribution in [1.82, 2.24) is 4.90 Å². The Morgan fingerprint density at radius 3 is 2.26 bits per heavy atom. The van der Waals surface area contributed by atoms with Crippen LogP contribution in [0.4, 0.5) is 11.4 Å². The third-order valence-corrected chi connectivity index (χ3v) is 6.71. The van der Waals surface area contributed by atoms with Crippen molar-refractivity contribution in [1.29, 1.82) is 0 Å². The van der Waals surface area contributed by atoms with Gasteiger partial charge in [0.1, 0.15) is 6.04 Å². The van der Waals surface area contributed by atoms with Gasteiger partial charge in [-0.1, -0.05) is 31.0 Å². The Morgan fingerprint density at radius 1 is 0.935 bits per heavy atom. The number of likely N-dealkylation sites (tertiary alicyclic amines) is 1.